The van der Waals surface area contributed by atoms with Crippen LogP contribution >= 0.6 is 0 Å². The summed E-state index contributed by atoms with van der Waals surface area (Å²) >= 11 is 0. The van der Waals surface area contributed by atoms with Crippen molar-refractivity contribution in [1.82, 2.24) is 4.90 Å². The van der Waals surface area contributed by atoms with E-state index < -0.39 is 0 Å². The molecule has 3 amide bonds. The lowest BCUT2D eigenvalue weighted by atomic mass is 9.85. The summed E-state index contributed by atoms with van der Waals surface area (Å²) in [6.07, 6.45) is 5.24. The van der Waals surface area contributed by atoms with Gasteiger partial charge in [-0.1, -0.05) is 30.4 Å². The van der Waals surface area contributed by atoms with Crippen molar-refractivity contribution in [1.29, 1.82) is 0 Å². The number of amides is 3. The second-order valence-corrected chi connectivity index (χ2v) is 6.87. The summed E-state index contributed by atoms with van der Waals surface area (Å²) < 4.78 is 0. The van der Waals surface area contributed by atoms with Crippen LogP contribution in [0, 0.1) is 23.7 Å². The normalized spacial score (nSPS) is 30.1. The molecule has 4 atom stereocenters. The first-order valence-corrected chi connectivity index (χ1v) is 8.43. The lowest BCUT2D eigenvalue weighted by Gasteiger charge is -2.20. The summed E-state index contributed by atoms with van der Waals surface area (Å²) in [5.41, 5.74) is 0.806. The molecule has 0 spiro atoms. The maximum atomic E-state index is 12.6. The number of hydrogen-bond donors (Lipinski definition) is 0. The van der Waals surface area contributed by atoms with Crippen LogP contribution in [0.5, 0.6) is 0 Å². The van der Waals surface area contributed by atoms with Gasteiger partial charge in [0.25, 0.3) is 0 Å². The maximum absolute atomic E-state index is 12.6. The molecule has 24 heavy (non-hydrogen) atoms. The number of allylic oxidation sites excluding steroid dienone is 2. The van der Waals surface area contributed by atoms with Gasteiger partial charge in [0.15, 0.2) is 0 Å². The van der Waals surface area contributed by atoms with Crippen molar-refractivity contribution in [3.63, 3.8) is 0 Å². The number of rotatable bonds is 4. The molecule has 124 valence electrons. The molecule has 1 heterocycles. The topological polar surface area (TPSA) is 57.7 Å². The van der Waals surface area contributed by atoms with Gasteiger partial charge >= 0.3 is 0 Å². The fraction of sp³-hybridized carbons (Fsp3) is 0.421. The molecule has 1 aromatic rings. The highest BCUT2D eigenvalue weighted by molar-refractivity contribution is 6.06. The third-order valence-electron chi connectivity index (χ3n) is 5.63. The molecule has 2 fully saturated rings. The molecule has 3 aliphatic rings. The van der Waals surface area contributed by atoms with Crippen molar-refractivity contribution in [3.8, 4) is 0 Å². The third kappa shape index (κ3) is 2.19. The van der Waals surface area contributed by atoms with Gasteiger partial charge < -0.3 is 4.90 Å². The number of benzene rings is 1. The van der Waals surface area contributed by atoms with Crippen LogP contribution in [0.1, 0.15) is 12.8 Å². The molecule has 2 bridgehead atoms. The lowest BCUT2D eigenvalue weighted by Crippen LogP contribution is -2.37. The molecule has 0 aromatic heterocycles. The molecule has 0 radical (unpaired) electrons. The molecule has 1 aromatic carbocycles. The van der Waals surface area contributed by atoms with Gasteiger partial charge in [0.1, 0.15) is 0 Å². The van der Waals surface area contributed by atoms with Gasteiger partial charge in [-0.25, -0.2) is 0 Å². The summed E-state index contributed by atoms with van der Waals surface area (Å²) in [7, 11) is 1.71. The summed E-state index contributed by atoms with van der Waals surface area (Å²) in [5.74, 6) is -0.216. The van der Waals surface area contributed by atoms with Crippen LogP contribution < -0.4 is 4.90 Å². The van der Waals surface area contributed by atoms with Crippen molar-refractivity contribution >= 4 is 23.4 Å². The van der Waals surface area contributed by atoms with Crippen LogP contribution in [0.3, 0.4) is 0 Å². The smallest absolute Gasteiger partial charge is 0.233 e. The first-order valence-electron chi connectivity index (χ1n) is 8.43. The van der Waals surface area contributed by atoms with E-state index in [9.17, 15) is 14.4 Å². The largest absolute Gasteiger partial charge is 0.315 e. The number of para-hydroxylation sites is 1. The van der Waals surface area contributed by atoms with E-state index in [0.717, 1.165) is 12.1 Å². The summed E-state index contributed by atoms with van der Waals surface area (Å²) in [5, 5.41) is 0. The zero-order valence-electron chi connectivity index (χ0n) is 13.6. The highest BCUT2D eigenvalue weighted by atomic mass is 16.2. The van der Waals surface area contributed by atoms with Crippen LogP contribution in [0.25, 0.3) is 0 Å². The van der Waals surface area contributed by atoms with E-state index in [1.807, 2.05) is 30.3 Å². The van der Waals surface area contributed by atoms with Crippen molar-refractivity contribution < 1.29 is 14.4 Å². The quantitative estimate of drug-likeness (QED) is 0.627. The van der Waals surface area contributed by atoms with Gasteiger partial charge in [0.05, 0.1) is 11.8 Å². The minimum absolute atomic E-state index is 0.0861. The Morgan fingerprint density at radius 1 is 1.08 bits per heavy atom. The first-order chi connectivity index (χ1) is 11.6. The van der Waals surface area contributed by atoms with Crippen LogP contribution in [-0.2, 0) is 14.4 Å². The van der Waals surface area contributed by atoms with E-state index in [2.05, 4.69) is 12.2 Å². The Morgan fingerprint density at radius 3 is 2.25 bits per heavy atom. The third-order valence-corrected chi connectivity index (χ3v) is 5.63. The van der Waals surface area contributed by atoms with Gasteiger partial charge in [0.2, 0.25) is 17.7 Å². The molecule has 1 saturated carbocycles. The Morgan fingerprint density at radius 2 is 1.67 bits per heavy atom. The highest BCUT2D eigenvalue weighted by Crippen LogP contribution is 2.52. The van der Waals surface area contributed by atoms with E-state index in [4.69, 9.17) is 0 Å². The Bertz CT molecular complexity index is 697. The lowest BCUT2D eigenvalue weighted by molar-refractivity contribution is -0.140. The van der Waals surface area contributed by atoms with Crippen LogP contribution in [-0.4, -0.2) is 36.2 Å². The molecule has 1 saturated heterocycles. The minimum Gasteiger partial charge on any atom is -0.315 e. The van der Waals surface area contributed by atoms with Crippen LogP contribution in [0.2, 0.25) is 0 Å². The van der Waals surface area contributed by atoms with Gasteiger partial charge in [-0.15, -0.1) is 0 Å². The van der Waals surface area contributed by atoms with Crippen molar-refractivity contribution in [2.24, 2.45) is 23.7 Å². The fourth-order valence-corrected chi connectivity index (χ4v) is 4.36. The number of hydrogen-bond acceptors (Lipinski definition) is 3. The molecule has 5 heteroatoms. The number of imide groups is 1. The van der Waals surface area contributed by atoms with E-state index in [1.165, 1.54) is 4.90 Å². The SMILES string of the molecule is CN(C(=O)CCN1C(=O)[C@H]2[C@H](C1=O)[C@H]1C=C[C@H]2C1)c1ccccc1. The van der Waals surface area contributed by atoms with E-state index in [-0.39, 0.29) is 54.4 Å². The zero-order chi connectivity index (χ0) is 16.8. The number of carbonyl (C=O) groups excluding carboxylic acids is 3. The predicted molar refractivity (Wildman–Crippen MR) is 88.9 cm³/mol. The highest BCUT2D eigenvalue weighted by Gasteiger charge is 2.59. The molecule has 2 aliphatic carbocycles. The van der Waals surface area contributed by atoms with E-state index in [1.54, 1.807) is 11.9 Å². The van der Waals surface area contributed by atoms with Crippen LogP contribution in [0.4, 0.5) is 5.69 Å². The molecular formula is C19H20N2O3. The molecular weight excluding hydrogens is 304 g/mol. The minimum atomic E-state index is -0.186. The van der Waals surface area contributed by atoms with Gasteiger partial charge in [-0.05, 0) is 30.4 Å². The first kappa shape index (κ1) is 15.1. The average Bonchev–Trinajstić information content (AvgIpc) is 3.28. The number of anilines is 1. The number of carbonyl (C=O) groups is 3. The summed E-state index contributed by atoms with van der Waals surface area (Å²) in [6, 6.07) is 9.35. The van der Waals surface area contributed by atoms with Crippen LogP contribution in [0.15, 0.2) is 42.5 Å². The molecule has 0 N–H and O–H groups in total. The van der Waals surface area contributed by atoms with E-state index in [0.29, 0.717) is 0 Å². The zero-order valence-corrected chi connectivity index (χ0v) is 13.6. The molecule has 5 nitrogen and oxygen atoms in total. The van der Waals surface area contributed by atoms with Crippen molar-refractivity contribution in [2.75, 3.05) is 18.5 Å². The van der Waals surface area contributed by atoms with Gasteiger partial charge in [-0.3, -0.25) is 19.3 Å². The average molecular weight is 324 g/mol. The second-order valence-electron chi connectivity index (χ2n) is 6.87. The number of fused-ring (bicyclic) bond motifs is 5. The molecule has 4 rings (SSSR count). The molecule has 0 unspecified atom stereocenters. The molecule has 1 aliphatic heterocycles. The Kier molecular flexibility index (Phi) is 3.52. The second kappa shape index (κ2) is 5.58. The Balaban J connectivity index is 1.41. The summed E-state index contributed by atoms with van der Waals surface area (Å²) in [6.45, 7) is 0.181. The maximum Gasteiger partial charge on any atom is 0.233 e. The van der Waals surface area contributed by atoms with Crippen molar-refractivity contribution in [2.45, 2.75) is 12.8 Å². The number of nitrogens with zero attached hydrogens (tertiary/aromatic N) is 2. The standard InChI is InChI=1S/C19H20N2O3/c1-20(14-5-3-2-4-6-14)15(22)9-10-21-18(23)16-12-7-8-13(11-12)17(16)19(21)24/h2-8,12-13,16-17H,9-11H2,1H3/t12-,13-,16+,17+/m0/s1. The summed E-state index contributed by atoms with van der Waals surface area (Å²) in [4.78, 5) is 40.4. The van der Waals surface area contributed by atoms with E-state index >= 15 is 0 Å². The number of likely N-dealkylation sites (tertiary alicyclic amines) is 1. The van der Waals surface area contributed by atoms with Gasteiger partial charge in [-0.2, -0.15) is 0 Å². The van der Waals surface area contributed by atoms with Crippen molar-refractivity contribution in [3.05, 3.63) is 42.5 Å². The fourth-order valence-electron chi connectivity index (χ4n) is 4.36. The van der Waals surface area contributed by atoms with Gasteiger partial charge in [0, 0.05) is 25.7 Å². The Hall–Kier alpha value is -2.43. The predicted octanol–water partition coefficient (Wildman–Crippen LogP) is 1.85. The monoisotopic (exact) mass is 324 g/mol. The Labute approximate surface area is 140 Å².